The van der Waals surface area contributed by atoms with Crippen molar-refractivity contribution < 1.29 is 4.79 Å². The predicted octanol–water partition coefficient (Wildman–Crippen LogP) is -0.566. The van der Waals surface area contributed by atoms with Gasteiger partial charge in [0.15, 0.2) is 0 Å². The molecule has 0 aromatic carbocycles. The maximum Gasteiger partial charge on any atom is 0.258 e. The molecule has 5 heteroatoms. The maximum absolute atomic E-state index is 10.9. The lowest BCUT2D eigenvalue weighted by Crippen LogP contribution is -2.36. The summed E-state index contributed by atoms with van der Waals surface area (Å²) in [6.07, 6.45) is 3.32. The lowest BCUT2D eigenvalue weighted by Gasteiger charge is -2.08. The molecule has 3 N–H and O–H groups in total. The molecule has 0 spiro atoms. The summed E-state index contributed by atoms with van der Waals surface area (Å²) in [5.74, 6) is 4.68. The third kappa shape index (κ3) is 1.56. The molecule has 0 saturated carbocycles. The molecule has 1 aromatic rings. The lowest BCUT2D eigenvalue weighted by molar-refractivity contribution is -0.124. The average Bonchev–Trinajstić information content (AvgIpc) is 2.53. The number of amides is 1. The van der Waals surface area contributed by atoms with Gasteiger partial charge in [-0.15, -0.1) is 0 Å². The van der Waals surface area contributed by atoms with Crippen LogP contribution in [0.25, 0.3) is 0 Å². The van der Waals surface area contributed by atoms with Gasteiger partial charge in [0, 0.05) is 12.4 Å². The monoisotopic (exact) mass is 154 g/mol. The molecule has 0 bridgehead atoms. The Balaban J connectivity index is 2.70. The van der Waals surface area contributed by atoms with E-state index in [1.165, 1.54) is 4.68 Å². The first kappa shape index (κ1) is 7.74. The molecule has 0 aliphatic heterocycles. The van der Waals surface area contributed by atoms with Gasteiger partial charge in [0.05, 0.1) is 0 Å². The number of carbonyl (C=O) groups excluding carboxylic acids is 1. The second-order valence-corrected chi connectivity index (χ2v) is 2.17. The van der Waals surface area contributed by atoms with Crippen molar-refractivity contribution in [3.63, 3.8) is 0 Å². The van der Waals surface area contributed by atoms with Crippen molar-refractivity contribution in [1.29, 1.82) is 0 Å². The van der Waals surface area contributed by atoms with Crippen LogP contribution in [0.5, 0.6) is 0 Å². The average molecular weight is 154 g/mol. The van der Waals surface area contributed by atoms with E-state index in [2.05, 4.69) is 10.5 Å². The third-order valence-corrected chi connectivity index (χ3v) is 1.44. The Labute approximate surface area is 64.2 Å². The fourth-order valence-electron chi connectivity index (χ4n) is 0.750. The Morgan fingerprint density at radius 1 is 1.82 bits per heavy atom. The van der Waals surface area contributed by atoms with Gasteiger partial charge in [-0.1, -0.05) is 0 Å². The van der Waals surface area contributed by atoms with Crippen LogP contribution >= 0.6 is 0 Å². The summed E-state index contributed by atoms with van der Waals surface area (Å²) >= 11 is 0. The second-order valence-electron chi connectivity index (χ2n) is 2.17. The molecule has 1 heterocycles. The molecule has 0 aliphatic carbocycles. The van der Waals surface area contributed by atoms with Gasteiger partial charge < -0.3 is 0 Å². The zero-order valence-electron chi connectivity index (χ0n) is 6.19. The summed E-state index contributed by atoms with van der Waals surface area (Å²) in [7, 11) is 0. The fourth-order valence-corrected chi connectivity index (χ4v) is 0.750. The van der Waals surface area contributed by atoms with Gasteiger partial charge in [0.2, 0.25) is 0 Å². The third-order valence-electron chi connectivity index (χ3n) is 1.44. The first-order valence-electron chi connectivity index (χ1n) is 3.25. The minimum absolute atomic E-state index is 0.256. The molecule has 11 heavy (non-hydrogen) atoms. The number of hydrogen-bond donors (Lipinski definition) is 2. The van der Waals surface area contributed by atoms with Crippen LogP contribution in [0, 0.1) is 0 Å². The van der Waals surface area contributed by atoms with Crippen molar-refractivity contribution >= 4 is 5.91 Å². The molecule has 0 aliphatic rings. The first-order chi connectivity index (χ1) is 5.25. The first-order valence-corrected chi connectivity index (χ1v) is 3.25. The topological polar surface area (TPSA) is 72.9 Å². The van der Waals surface area contributed by atoms with Gasteiger partial charge in [0.25, 0.3) is 5.91 Å². The standard InChI is InChI=1S/C6H10N4O/c1-5(6(11)9-7)10-4-2-3-8-10/h2-5H,7H2,1H3,(H,9,11)/t5-/m0/s1. The molecule has 0 radical (unpaired) electrons. The molecule has 5 nitrogen and oxygen atoms in total. The van der Waals surface area contributed by atoms with E-state index in [9.17, 15) is 4.79 Å². The molecule has 1 amide bonds. The molecule has 1 rings (SSSR count). The lowest BCUT2D eigenvalue weighted by atomic mass is 10.3. The number of hydrazine groups is 1. The summed E-state index contributed by atoms with van der Waals surface area (Å²) in [4.78, 5) is 10.9. The summed E-state index contributed by atoms with van der Waals surface area (Å²) in [5.41, 5.74) is 2.05. The number of nitrogens with one attached hydrogen (secondary N) is 1. The van der Waals surface area contributed by atoms with E-state index in [-0.39, 0.29) is 11.9 Å². The van der Waals surface area contributed by atoms with E-state index in [1.54, 1.807) is 25.4 Å². The van der Waals surface area contributed by atoms with Crippen LogP contribution < -0.4 is 11.3 Å². The van der Waals surface area contributed by atoms with Crippen molar-refractivity contribution in [1.82, 2.24) is 15.2 Å². The van der Waals surface area contributed by atoms with Crippen LogP contribution in [0.1, 0.15) is 13.0 Å². The number of rotatable bonds is 2. The maximum atomic E-state index is 10.9. The SMILES string of the molecule is C[C@@H](C(=O)NN)n1cccn1. The quantitative estimate of drug-likeness (QED) is 0.340. The molecule has 1 atom stereocenters. The minimum atomic E-state index is -0.352. The predicted molar refractivity (Wildman–Crippen MR) is 39.3 cm³/mol. The zero-order chi connectivity index (χ0) is 8.27. The molecule has 0 saturated heterocycles. The summed E-state index contributed by atoms with van der Waals surface area (Å²) in [5, 5.41) is 3.89. The highest BCUT2D eigenvalue weighted by Crippen LogP contribution is 2.01. The van der Waals surface area contributed by atoms with Gasteiger partial charge in [-0.25, -0.2) is 5.84 Å². The van der Waals surface area contributed by atoms with Gasteiger partial charge in [-0.05, 0) is 13.0 Å². The Kier molecular flexibility index (Phi) is 2.22. The van der Waals surface area contributed by atoms with Crippen molar-refractivity contribution in [3.8, 4) is 0 Å². The van der Waals surface area contributed by atoms with Crippen molar-refractivity contribution in [3.05, 3.63) is 18.5 Å². The summed E-state index contributed by atoms with van der Waals surface area (Å²) < 4.78 is 1.53. The normalized spacial score (nSPS) is 12.5. The Hall–Kier alpha value is -1.36. The van der Waals surface area contributed by atoms with Gasteiger partial charge in [-0.2, -0.15) is 5.10 Å². The van der Waals surface area contributed by atoms with E-state index in [4.69, 9.17) is 5.84 Å². The van der Waals surface area contributed by atoms with Gasteiger partial charge in [0.1, 0.15) is 6.04 Å². The van der Waals surface area contributed by atoms with Crippen molar-refractivity contribution in [2.24, 2.45) is 5.84 Å². The number of nitrogens with zero attached hydrogens (tertiary/aromatic N) is 2. The molecule has 1 aromatic heterocycles. The molecular formula is C6H10N4O. The molecular weight excluding hydrogens is 144 g/mol. The van der Waals surface area contributed by atoms with Crippen LogP contribution in [0.3, 0.4) is 0 Å². The number of nitrogens with two attached hydrogens (primary N) is 1. The molecule has 60 valence electrons. The van der Waals surface area contributed by atoms with Crippen LogP contribution in [-0.2, 0) is 4.79 Å². The molecule has 0 unspecified atom stereocenters. The highest BCUT2D eigenvalue weighted by molar-refractivity contribution is 5.78. The highest BCUT2D eigenvalue weighted by Gasteiger charge is 2.12. The minimum Gasteiger partial charge on any atom is -0.292 e. The van der Waals surface area contributed by atoms with Gasteiger partial charge in [-0.3, -0.25) is 14.9 Å². The van der Waals surface area contributed by atoms with E-state index in [0.717, 1.165) is 0 Å². The summed E-state index contributed by atoms with van der Waals surface area (Å²) in [6.45, 7) is 1.72. The highest BCUT2D eigenvalue weighted by atomic mass is 16.2. The van der Waals surface area contributed by atoms with Gasteiger partial charge >= 0.3 is 0 Å². The van der Waals surface area contributed by atoms with E-state index in [1.807, 2.05) is 0 Å². The van der Waals surface area contributed by atoms with Crippen molar-refractivity contribution in [2.45, 2.75) is 13.0 Å². The second kappa shape index (κ2) is 3.16. The number of carbonyl (C=O) groups is 1. The zero-order valence-corrected chi connectivity index (χ0v) is 6.19. The van der Waals surface area contributed by atoms with E-state index in [0.29, 0.717) is 0 Å². The van der Waals surface area contributed by atoms with Crippen LogP contribution in [0.15, 0.2) is 18.5 Å². The van der Waals surface area contributed by atoms with E-state index >= 15 is 0 Å². The Morgan fingerprint density at radius 2 is 2.55 bits per heavy atom. The van der Waals surface area contributed by atoms with Crippen LogP contribution in [-0.4, -0.2) is 15.7 Å². The van der Waals surface area contributed by atoms with E-state index < -0.39 is 0 Å². The summed E-state index contributed by atoms with van der Waals surface area (Å²) in [6, 6.07) is 1.40. The fraction of sp³-hybridized carbons (Fsp3) is 0.333. The van der Waals surface area contributed by atoms with Crippen LogP contribution in [0.2, 0.25) is 0 Å². The Morgan fingerprint density at radius 3 is 3.00 bits per heavy atom. The van der Waals surface area contributed by atoms with Crippen LogP contribution in [0.4, 0.5) is 0 Å². The largest absolute Gasteiger partial charge is 0.292 e. The Bertz CT molecular complexity index is 231. The molecule has 0 fully saturated rings. The smallest absolute Gasteiger partial charge is 0.258 e. The number of hydrogen-bond acceptors (Lipinski definition) is 3. The number of aromatic nitrogens is 2. The van der Waals surface area contributed by atoms with Crippen molar-refractivity contribution in [2.75, 3.05) is 0 Å².